The van der Waals surface area contributed by atoms with Crippen molar-refractivity contribution >= 4 is 0 Å². The van der Waals surface area contributed by atoms with E-state index in [0.29, 0.717) is 0 Å². The van der Waals surface area contributed by atoms with Gasteiger partial charge in [0.05, 0.1) is 11.4 Å². The maximum atomic E-state index is 4.69. The van der Waals surface area contributed by atoms with Crippen LogP contribution >= 0.6 is 0 Å². The Morgan fingerprint density at radius 3 is 1.10 bits per heavy atom. The third-order valence-electron chi connectivity index (χ3n) is 5.41. The molecule has 5 rings (SSSR count). The quantitative estimate of drug-likeness (QED) is 0.314. The molecule has 0 spiro atoms. The second-order valence-electron chi connectivity index (χ2n) is 7.57. The van der Waals surface area contributed by atoms with Gasteiger partial charge in [0.15, 0.2) is 0 Å². The Labute approximate surface area is 182 Å². The standard InChI is InChI=1S/C29H22N2/c1-21-30-28(26-16-12-24(13-17-26)22-8-4-2-5-9-22)20-29(31-21)27-18-14-25(15-19-27)23-10-6-3-7-11-23/h2-20H,1H3. The molecule has 0 bridgehead atoms. The van der Waals surface area contributed by atoms with Crippen LogP contribution in [0.25, 0.3) is 44.8 Å². The van der Waals surface area contributed by atoms with Gasteiger partial charge in [-0.05, 0) is 35.2 Å². The molecule has 1 heterocycles. The van der Waals surface area contributed by atoms with Crippen molar-refractivity contribution in [3.05, 3.63) is 121 Å². The van der Waals surface area contributed by atoms with Crippen LogP contribution in [0.1, 0.15) is 5.82 Å². The fraction of sp³-hybridized carbons (Fsp3) is 0.0345. The number of hydrogen-bond donors (Lipinski definition) is 0. The van der Waals surface area contributed by atoms with Crippen molar-refractivity contribution in [3.8, 4) is 44.8 Å². The van der Waals surface area contributed by atoms with Gasteiger partial charge in [0.1, 0.15) is 5.82 Å². The van der Waals surface area contributed by atoms with Crippen molar-refractivity contribution in [1.29, 1.82) is 0 Å². The lowest BCUT2D eigenvalue weighted by Gasteiger charge is -2.09. The third kappa shape index (κ3) is 4.15. The number of hydrogen-bond acceptors (Lipinski definition) is 2. The molecule has 0 saturated carbocycles. The van der Waals surface area contributed by atoms with Crippen molar-refractivity contribution in [3.63, 3.8) is 0 Å². The third-order valence-corrected chi connectivity index (χ3v) is 5.41. The van der Waals surface area contributed by atoms with Crippen LogP contribution in [-0.4, -0.2) is 9.97 Å². The molecule has 31 heavy (non-hydrogen) atoms. The number of nitrogens with zero attached hydrogens (tertiary/aromatic N) is 2. The average Bonchev–Trinajstić information content (AvgIpc) is 2.85. The summed E-state index contributed by atoms with van der Waals surface area (Å²) in [6, 6.07) is 40.0. The summed E-state index contributed by atoms with van der Waals surface area (Å²) < 4.78 is 0. The number of aromatic nitrogens is 2. The fourth-order valence-corrected chi connectivity index (χ4v) is 3.79. The van der Waals surface area contributed by atoms with Crippen molar-refractivity contribution in [1.82, 2.24) is 9.97 Å². The van der Waals surface area contributed by atoms with E-state index < -0.39 is 0 Å². The zero-order valence-corrected chi connectivity index (χ0v) is 17.4. The minimum absolute atomic E-state index is 0.770. The van der Waals surface area contributed by atoms with Gasteiger partial charge in [0.25, 0.3) is 0 Å². The lowest BCUT2D eigenvalue weighted by atomic mass is 10.0. The largest absolute Gasteiger partial charge is 0.233 e. The van der Waals surface area contributed by atoms with E-state index in [1.54, 1.807) is 0 Å². The van der Waals surface area contributed by atoms with E-state index in [1.165, 1.54) is 22.3 Å². The topological polar surface area (TPSA) is 25.8 Å². The summed E-state index contributed by atoms with van der Waals surface area (Å²) in [6.45, 7) is 1.95. The monoisotopic (exact) mass is 398 g/mol. The van der Waals surface area contributed by atoms with Crippen LogP contribution in [-0.2, 0) is 0 Å². The predicted octanol–water partition coefficient (Wildman–Crippen LogP) is 7.45. The first kappa shape index (κ1) is 19.0. The van der Waals surface area contributed by atoms with Crippen molar-refractivity contribution in [2.45, 2.75) is 6.92 Å². The zero-order valence-electron chi connectivity index (χ0n) is 17.4. The predicted molar refractivity (Wildman–Crippen MR) is 129 cm³/mol. The van der Waals surface area contributed by atoms with Crippen LogP contribution in [0.2, 0.25) is 0 Å². The second-order valence-corrected chi connectivity index (χ2v) is 7.57. The molecule has 0 N–H and O–H groups in total. The van der Waals surface area contributed by atoms with E-state index in [-0.39, 0.29) is 0 Å². The molecule has 148 valence electrons. The van der Waals surface area contributed by atoms with Crippen LogP contribution in [0.15, 0.2) is 115 Å². The first-order valence-corrected chi connectivity index (χ1v) is 10.4. The minimum atomic E-state index is 0.770. The average molecular weight is 399 g/mol. The van der Waals surface area contributed by atoms with Gasteiger partial charge in [-0.1, -0.05) is 109 Å². The van der Waals surface area contributed by atoms with Gasteiger partial charge in [0, 0.05) is 11.1 Å². The SMILES string of the molecule is Cc1nc(-c2ccc(-c3ccccc3)cc2)cc(-c2ccc(-c3ccccc3)cc2)n1. The van der Waals surface area contributed by atoms with Crippen molar-refractivity contribution < 1.29 is 0 Å². The highest BCUT2D eigenvalue weighted by Crippen LogP contribution is 2.28. The summed E-state index contributed by atoms with van der Waals surface area (Å²) >= 11 is 0. The molecule has 1 aromatic heterocycles. The highest BCUT2D eigenvalue weighted by Gasteiger charge is 2.08. The Bertz CT molecular complexity index is 1190. The van der Waals surface area contributed by atoms with Gasteiger partial charge in [-0.2, -0.15) is 0 Å². The number of aryl methyl sites for hydroxylation is 1. The molecular formula is C29H22N2. The van der Waals surface area contributed by atoms with Crippen LogP contribution in [0, 0.1) is 6.92 Å². The van der Waals surface area contributed by atoms with Crippen LogP contribution in [0.3, 0.4) is 0 Å². The van der Waals surface area contributed by atoms with Gasteiger partial charge in [-0.3, -0.25) is 0 Å². The number of benzene rings is 4. The Balaban J connectivity index is 1.45. The Hall–Kier alpha value is -4.04. The van der Waals surface area contributed by atoms with Crippen LogP contribution in [0.5, 0.6) is 0 Å². The zero-order chi connectivity index (χ0) is 21.0. The summed E-state index contributed by atoms with van der Waals surface area (Å²) in [5, 5.41) is 0. The Kier molecular flexibility index (Phi) is 5.12. The molecule has 0 aliphatic carbocycles. The van der Waals surface area contributed by atoms with E-state index >= 15 is 0 Å². The highest BCUT2D eigenvalue weighted by atomic mass is 14.9. The van der Waals surface area contributed by atoms with E-state index in [1.807, 2.05) is 19.1 Å². The summed E-state index contributed by atoms with van der Waals surface area (Å²) in [5.74, 6) is 0.770. The molecule has 0 fully saturated rings. The molecule has 5 aromatic rings. The van der Waals surface area contributed by atoms with Gasteiger partial charge >= 0.3 is 0 Å². The smallest absolute Gasteiger partial charge is 0.126 e. The van der Waals surface area contributed by atoms with Gasteiger partial charge in [-0.25, -0.2) is 9.97 Å². The summed E-state index contributed by atoms with van der Waals surface area (Å²) in [6.07, 6.45) is 0. The summed E-state index contributed by atoms with van der Waals surface area (Å²) in [7, 11) is 0. The first-order chi connectivity index (χ1) is 15.3. The van der Waals surface area contributed by atoms with Gasteiger partial charge in [-0.15, -0.1) is 0 Å². The van der Waals surface area contributed by atoms with Gasteiger partial charge in [0.2, 0.25) is 0 Å². The van der Waals surface area contributed by atoms with Crippen LogP contribution in [0.4, 0.5) is 0 Å². The van der Waals surface area contributed by atoms with E-state index in [0.717, 1.165) is 28.3 Å². The summed E-state index contributed by atoms with van der Waals surface area (Å²) in [4.78, 5) is 9.37. The normalized spacial score (nSPS) is 10.7. The first-order valence-electron chi connectivity index (χ1n) is 10.4. The van der Waals surface area contributed by atoms with Crippen LogP contribution < -0.4 is 0 Å². The lowest BCUT2D eigenvalue weighted by Crippen LogP contribution is -1.95. The number of rotatable bonds is 4. The molecule has 0 aliphatic heterocycles. The highest BCUT2D eigenvalue weighted by molar-refractivity contribution is 5.73. The molecule has 0 saturated heterocycles. The molecule has 2 heteroatoms. The molecule has 0 unspecified atom stereocenters. The molecule has 4 aromatic carbocycles. The molecule has 0 aliphatic rings. The minimum Gasteiger partial charge on any atom is -0.233 e. The summed E-state index contributed by atoms with van der Waals surface area (Å²) in [5.41, 5.74) is 8.89. The second kappa shape index (κ2) is 8.37. The van der Waals surface area contributed by atoms with E-state index in [4.69, 9.17) is 0 Å². The lowest BCUT2D eigenvalue weighted by molar-refractivity contribution is 1.06. The van der Waals surface area contributed by atoms with Crippen molar-refractivity contribution in [2.24, 2.45) is 0 Å². The molecule has 0 atom stereocenters. The Morgan fingerprint density at radius 2 is 0.710 bits per heavy atom. The maximum absolute atomic E-state index is 4.69. The fourth-order valence-electron chi connectivity index (χ4n) is 3.79. The molecular weight excluding hydrogens is 376 g/mol. The molecule has 0 radical (unpaired) electrons. The molecule has 0 amide bonds. The Morgan fingerprint density at radius 1 is 0.387 bits per heavy atom. The van der Waals surface area contributed by atoms with Gasteiger partial charge < -0.3 is 0 Å². The van der Waals surface area contributed by atoms with E-state index in [2.05, 4.69) is 113 Å². The van der Waals surface area contributed by atoms with Crippen molar-refractivity contribution in [2.75, 3.05) is 0 Å². The molecule has 2 nitrogen and oxygen atoms in total. The van der Waals surface area contributed by atoms with E-state index in [9.17, 15) is 0 Å². The maximum Gasteiger partial charge on any atom is 0.126 e.